The zero-order valence-corrected chi connectivity index (χ0v) is 17.7. The number of aromatic nitrogens is 1. The molecule has 0 aliphatic carbocycles. The number of aryl methyl sites for hydroxylation is 1. The number of rotatable bonds is 4. The number of hydrogen-bond donors (Lipinski definition) is 1. The standard InChI is InChI=1S/C20H20ClN3O5S/c1-23-17-8-7-16(11-18(17)29-20(23)26)30(27,28)24-9-3-4-13(12-24)19(25)22-15-6-2-5-14(21)10-15/h2,5-8,10-11,13H,3-4,9,12H2,1H3,(H,22,25)/t13-/m0/s1. The third-order valence-corrected chi connectivity index (χ3v) is 7.34. The number of oxazole rings is 1. The van der Waals surface area contributed by atoms with Crippen LogP contribution in [0.3, 0.4) is 0 Å². The minimum absolute atomic E-state index is 0.0280. The molecule has 10 heteroatoms. The van der Waals surface area contributed by atoms with Gasteiger partial charge in [-0.1, -0.05) is 17.7 Å². The van der Waals surface area contributed by atoms with Gasteiger partial charge in [0.1, 0.15) is 0 Å². The summed E-state index contributed by atoms with van der Waals surface area (Å²) in [6, 6.07) is 11.1. The summed E-state index contributed by atoms with van der Waals surface area (Å²) in [5.74, 6) is -1.29. The number of sulfonamides is 1. The van der Waals surface area contributed by atoms with E-state index in [1.54, 1.807) is 37.4 Å². The lowest BCUT2D eigenvalue weighted by atomic mass is 9.99. The molecule has 4 rings (SSSR count). The lowest BCUT2D eigenvalue weighted by molar-refractivity contribution is -0.120. The minimum Gasteiger partial charge on any atom is -0.408 e. The van der Waals surface area contributed by atoms with Gasteiger partial charge < -0.3 is 9.73 Å². The van der Waals surface area contributed by atoms with Crippen LogP contribution in [0.15, 0.2) is 56.6 Å². The van der Waals surface area contributed by atoms with Gasteiger partial charge in [-0.25, -0.2) is 13.2 Å². The van der Waals surface area contributed by atoms with Crippen molar-refractivity contribution in [2.45, 2.75) is 17.7 Å². The maximum Gasteiger partial charge on any atom is 0.419 e. The Morgan fingerprint density at radius 2 is 2.03 bits per heavy atom. The predicted molar refractivity (Wildman–Crippen MR) is 113 cm³/mol. The summed E-state index contributed by atoms with van der Waals surface area (Å²) in [5, 5.41) is 3.30. The maximum absolute atomic E-state index is 13.1. The van der Waals surface area contributed by atoms with Crippen LogP contribution in [0, 0.1) is 5.92 Å². The Hall–Kier alpha value is -2.62. The van der Waals surface area contributed by atoms with Gasteiger partial charge in [0.05, 0.1) is 16.3 Å². The van der Waals surface area contributed by atoms with Crippen molar-refractivity contribution in [3.8, 4) is 0 Å². The van der Waals surface area contributed by atoms with Gasteiger partial charge in [-0.15, -0.1) is 0 Å². The molecule has 0 unspecified atom stereocenters. The quantitative estimate of drug-likeness (QED) is 0.659. The van der Waals surface area contributed by atoms with Crippen molar-refractivity contribution in [3.63, 3.8) is 0 Å². The Morgan fingerprint density at radius 3 is 2.80 bits per heavy atom. The van der Waals surface area contributed by atoms with Crippen molar-refractivity contribution in [1.29, 1.82) is 0 Å². The normalized spacial score (nSPS) is 17.9. The van der Waals surface area contributed by atoms with E-state index in [9.17, 15) is 18.0 Å². The molecule has 8 nitrogen and oxygen atoms in total. The van der Waals surface area contributed by atoms with E-state index < -0.39 is 21.7 Å². The monoisotopic (exact) mass is 449 g/mol. The van der Waals surface area contributed by atoms with Crippen molar-refractivity contribution in [2.24, 2.45) is 13.0 Å². The largest absolute Gasteiger partial charge is 0.419 e. The highest BCUT2D eigenvalue weighted by atomic mass is 35.5. The third kappa shape index (κ3) is 3.88. The van der Waals surface area contributed by atoms with E-state index in [2.05, 4.69) is 5.32 Å². The Morgan fingerprint density at radius 1 is 1.23 bits per heavy atom. The summed E-state index contributed by atoms with van der Waals surface area (Å²) in [6.45, 7) is 0.394. The van der Waals surface area contributed by atoms with Gasteiger partial charge >= 0.3 is 5.76 Å². The first-order chi connectivity index (χ1) is 14.3. The number of piperidine rings is 1. The molecule has 0 radical (unpaired) electrons. The second-order valence-corrected chi connectivity index (χ2v) is 9.63. The summed E-state index contributed by atoms with van der Waals surface area (Å²) < 4.78 is 34.0. The molecule has 1 aliphatic rings. The fraction of sp³-hybridized carbons (Fsp3) is 0.300. The molecular formula is C20H20ClN3O5S. The van der Waals surface area contributed by atoms with Gasteiger partial charge in [-0.05, 0) is 43.2 Å². The molecule has 158 valence electrons. The smallest absolute Gasteiger partial charge is 0.408 e. The highest BCUT2D eigenvalue weighted by molar-refractivity contribution is 7.89. The zero-order valence-electron chi connectivity index (χ0n) is 16.2. The van der Waals surface area contributed by atoms with Gasteiger partial charge in [0.15, 0.2) is 5.58 Å². The highest BCUT2D eigenvalue weighted by Gasteiger charge is 2.33. The van der Waals surface area contributed by atoms with E-state index in [1.807, 2.05) is 0 Å². The average Bonchev–Trinajstić information content (AvgIpc) is 3.01. The van der Waals surface area contributed by atoms with Crippen molar-refractivity contribution in [3.05, 3.63) is 58.0 Å². The first-order valence-electron chi connectivity index (χ1n) is 9.42. The molecule has 1 atom stereocenters. The number of halogens is 1. The molecule has 3 aromatic rings. The number of carbonyl (C=O) groups is 1. The molecule has 1 aromatic heterocycles. The van der Waals surface area contributed by atoms with Gasteiger partial charge in [0.25, 0.3) is 0 Å². The molecule has 1 amide bonds. The molecule has 0 saturated carbocycles. The van der Waals surface area contributed by atoms with Crippen LogP contribution < -0.4 is 11.1 Å². The molecular weight excluding hydrogens is 430 g/mol. The molecule has 1 saturated heterocycles. The molecule has 0 spiro atoms. The van der Waals surface area contributed by atoms with E-state index in [4.69, 9.17) is 16.0 Å². The van der Waals surface area contributed by atoms with Crippen LogP contribution in [-0.4, -0.2) is 36.3 Å². The summed E-state index contributed by atoms with van der Waals surface area (Å²) in [7, 11) is -2.29. The van der Waals surface area contributed by atoms with Gasteiger partial charge in [-0.3, -0.25) is 9.36 Å². The van der Waals surface area contributed by atoms with Crippen LogP contribution in [0.4, 0.5) is 5.69 Å². The fourth-order valence-electron chi connectivity index (χ4n) is 3.61. The van der Waals surface area contributed by atoms with E-state index in [1.165, 1.54) is 21.0 Å². The summed E-state index contributed by atoms with van der Waals surface area (Å²) in [5.41, 5.74) is 1.28. The van der Waals surface area contributed by atoms with Crippen LogP contribution in [-0.2, 0) is 21.9 Å². The summed E-state index contributed by atoms with van der Waals surface area (Å²) in [4.78, 5) is 24.4. The van der Waals surface area contributed by atoms with Crippen molar-refractivity contribution in [1.82, 2.24) is 8.87 Å². The number of fused-ring (bicyclic) bond motifs is 1. The van der Waals surface area contributed by atoms with Gasteiger partial charge in [0.2, 0.25) is 15.9 Å². The minimum atomic E-state index is -3.84. The van der Waals surface area contributed by atoms with E-state index in [0.29, 0.717) is 35.6 Å². The van der Waals surface area contributed by atoms with Crippen LogP contribution in [0.2, 0.25) is 5.02 Å². The summed E-state index contributed by atoms with van der Waals surface area (Å²) in [6.07, 6.45) is 1.15. The van der Waals surface area contributed by atoms with E-state index in [-0.39, 0.29) is 22.9 Å². The Bertz CT molecular complexity index is 1280. The third-order valence-electron chi connectivity index (χ3n) is 5.25. The SMILES string of the molecule is Cn1c(=O)oc2cc(S(=O)(=O)N3CCC[C@H](C(=O)Nc4cccc(Cl)c4)C3)ccc21. The second kappa shape index (κ2) is 7.90. The van der Waals surface area contributed by atoms with E-state index in [0.717, 1.165) is 0 Å². The lowest BCUT2D eigenvalue weighted by Crippen LogP contribution is -2.43. The second-order valence-electron chi connectivity index (χ2n) is 7.26. The predicted octanol–water partition coefficient (Wildman–Crippen LogP) is 2.82. The number of nitrogens with zero attached hydrogens (tertiary/aromatic N) is 2. The summed E-state index contributed by atoms with van der Waals surface area (Å²) >= 11 is 5.95. The Balaban J connectivity index is 1.54. The van der Waals surface area contributed by atoms with Gasteiger partial charge in [0, 0.05) is 36.9 Å². The average molecular weight is 450 g/mol. The Kier molecular flexibility index (Phi) is 5.44. The van der Waals surface area contributed by atoms with Crippen LogP contribution in [0.5, 0.6) is 0 Å². The highest BCUT2D eigenvalue weighted by Crippen LogP contribution is 2.27. The number of carbonyl (C=O) groups excluding carboxylic acids is 1. The fourth-order valence-corrected chi connectivity index (χ4v) is 5.34. The van der Waals surface area contributed by atoms with Crippen LogP contribution in [0.25, 0.3) is 11.1 Å². The molecule has 1 N–H and O–H groups in total. The number of benzene rings is 2. The first-order valence-corrected chi connectivity index (χ1v) is 11.2. The molecule has 0 bridgehead atoms. The molecule has 1 aliphatic heterocycles. The van der Waals surface area contributed by atoms with Crippen molar-refractivity contribution < 1.29 is 17.6 Å². The van der Waals surface area contributed by atoms with Crippen LogP contribution >= 0.6 is 11.6 Å². The topological polar surface area (TPSA) is 102 Å². The molecule has 30 heavy (non-hydrogen) atoms. The molecule has 2 heterocycles. The molecule has 1 fully saturated rings. The van der Waals surface area contributed by atoms with E-state index >= 15 is 0 Å². The lowest BCUT2D eigenvalue weighted by Gasteiger charge is -2.31. The van der Waals surface area contributed by atoms with Crippen molar-refractivity contribution >= 4 is 44.3 Å². The number of amides is 1. The maximum atomic E-state index is 13.1. The van der Waals surface area contributed by atoms with Gasteiger partial charge in [-0.2, -0.15) is 4.31 Å². The number of nitrogens with one attached hydrogen (secondary N) is 1. The number of anilines is 1. The van der Waals surface area contributed by atoms with Crippen LogP contribution in [0.1, 0.15) is 12.8 Å². The zero-order chi connectivity index (χ0) is 21.5. The molecule has 2 aromatic carbocycles. The Labute approximate surface area is 178 Å². The first kappa shape index (κ1) is 20.6. The van der Waals surface area contributed by atoms with Crippen molar-refractivity contribution in [2.75, 3.05) is 18.4 Å². The number of hydrogen-bond acceptors (Lipinski definition) is 5.